The third kappa shape index (κ3) is 41.7. The number of carboxylic acid groups (broad SMARTS) is 4. The van der Waals surface area contributed by atoms with Gasteiger partial charge in [-0.15, -0.1) is 0 Å². The predicted octanol–water partition coefficient (Wildman–Crippen LogP) is 4.52. The van der Waals surface area contributed by atoms with Crippen LogP contribution in [0, 0.1) is 5.92 Å². The van der Waals surface area contributed by atoms with Crippen LogP contribution in [0.4, 0.5) is 0 Å². The molecule has 0 spiro atoms. The maximum atomic E-state index is 14.8. The molecule has 0 aliphatic rings. The lowest BCUT2D eigenvalue weighted by Crippen LogP contribution is -2.60. The van der Waals surface area contributed by atoms with Crippen molar-refractivity contribution in [3.8, 4) is 0 Å². The van der Waals surface area contributed by atoms with Gasteiger partial charge in [-0.1, -0.05) is 177 Å². The maximum absolute atomic E-state index is 14.8. The third-order valence-electron chi connectivity index (χ3n) is 21.3. The van der Waals surface area contributed by atoms with Crippen molar-refractivity contribution in [1.29, 1.82) is 0 Å². The van der Waals surface area contributed by atoms with Crippen molar-refractivity contribution in [2.45, 2.75) is 242 Å². The molecule has 0 saturated heterocycles. The minimum Gasteiger partial charge on any atom is -0.481 e. The summed E-state index contributed by atoms with van der Waals surface area (Å²) in [6.45, 7) is 3.86. The molecule has 5 aromatic rings. The number of hydrogen-bond donors (Lipinski definition) is 16. The molecule has 0 aliphatic heterocycles. The van der Waals surface area contributed by atoms with Gasteiger partial charge in [-0.25, -0.2) is 4.79 Å². The Bertz CT molecular complexity index is 4370. The quantitative estimate of drug-likeness (QED) is 0.0238. The van der Waals surface area contributed by atoms with Crippen LogP contribution in [0.2, 0.25) is 0 Å². The van der Waals surface area contributed by atoms with E-state index in [1.807, 2.05) is 6.92 Å². The van der Waals surface area contributed by atoms with E-state index < -0.39 is 163 Å². The van der Waals surface area contributed by atoms with Crippen LogP contribution in [0.3, 0.4) is 0 Å². The van der Waals surface area contributed by atoms with Crippen molar-refractivity contribution in [2.24, 2.45) is 11.7 Å². The summed E-state index contributed by atoms with van der Waals surface area (Å²) >= 11 is 0. The molecular formula is C90H132N14O24. The number of nitrogens with one attached hydrogen (secondary N) is 11. The zero-order valence-corrected chi connectivity index (χ0v) is 74.2. The Hall–Kier alpha value is -11.9. The number of ether oxygens (including phenoxy) is 4. The number of para-hydroxylation sites is 2. The molecule has 0 fully saturated rings. The third-order valence-corrected chi connectivity index (χ3v) is 21.3. The molecule has 3 aromatic carbocycles. The van der Waals surface area contributed by atoms with Crippen molar-refractivity contribution in [3.63, 3.8) is 0 Å². The number of nitrogens with zero attached hydrogens (tertiary/aromatic N) is 2. The molecule has 706 valence electrons. The lowest BCUT2D eigenvalue weighted by atomic mass is 10.0. The van der Waals surface area contributed by atoms with Gasteiger partial charge in [0.05, 0.1) is 59.0 Å². The van der Waals surface area contributed by atoms with Gasteiger partial charge < -0.3 is 113 Å². The Morgan fingerprint density at radius 3 is 1.37 bits per heavy atom. The molecule has 8 atom stereocenters. The van der Waals surface area contributed by atoms with E-state index in [2.05, 4.69) is 57.8 Å². The fraction of sp³-hybridized carbons (Fsp3) is 0.578. The first-order valence-electron chi connectivity index (χ1n) is 44.1. The largest absolute Gasteiger partial charge is 0.481 e. The number of likely N-dealkylation sites (N-methyl/N-ethyl adjacent to an activating group) is 2. The Balaban J connectivity index is 1.06. The monoisotopic (exact) mass is 1790 g/mol. The van der Waals surface area contributed by atoms with E-state index in [9.17, 15) is 92.0 Å². The molecule has 128 heavy (non-hydrogen) atoms. The number of rotatable bonds is 69. The summed E-state index contributed by atoms with van der Waals surface area (Å²) in [7, 11) is 2.48. The summed E-state index contributed by atoms with van der Waals surface area (Å²) in [5, 5.41) is 63.0. The first-order valence-corrected chi connectivity index (χ1v) is 44.1. The number of carbonyl (C=O) groups excluding carboxylic acids is 12. The highest BCUT2D eigenvalue weighted by Gasteiger charge is 2.40. The zero-order chi connectivity index (χ0) is 93.7. The summed E-state index contributed by atoms with van der Waals surface area (Å²) in [6, 6.07) is 11.1. The van der Waals surface area contributed by atoms with Crippen LogP contribution in [0.25, 0.3) is 21.8 Å². The van der Waals surface area contributed by atoms with Crippen LogP contribution in [0.1, 0.15) is 192 Å². The van der Waals surface area contributed by atoms with Crippen LogP contribution in [0.5, 0.6) is 0 Å². The molecule has 0 saturated carbocycles. The van der Waals surface area contributed by atoms with Gasteiger partial charge >= 0.3 is 23.9 Å². The average molecular weight is 1790 g/mol. The summed E-state index contributed by atoms with van der Waals surface area (Å²) in [5.74, 6) is -14.7. The minimum absolute atomic E-state index is 0.00359. The summed E-state index contributed by atoms with van der Waals surface area (Å²) in [4.78, 5) is 220. The van der Waals surface area contributed by atoms with Crippen molar-refractivity contribution in [1.82, 2.24) is 67.6 Å². The summed E-state index contributed by atoms with van der Waals surface area (Å²) in [5.41, 5.74) is 8.87. The number of hydrogen-bond acceptors (Lipinski definition) is 20. The number of benzene rings is 3. The van der Waals surface area contributed by atoms with Gasteiger partial charge in [0.2, 0.25) is 70.9 Å². The van der Waals surface area contributed by atoms with E-state index >= 15 is 0 Å². The standard InChI is InChI=1S/C90H132N14O24/c1-6-7-33-67(88(121)104(5)74(53-82(114)115)89(122)103(4)73(83(91)116)49-60-29-21-20-22-30-60)100-85(118)70(50-61-54-94-65-34-27-25-31-63(61)65)98-77(107)56-96-84(117)69(48-59(2)3)101-86(119)71(51-62-55-95-66-35-28-26-32-64(62)66)102-87(120)72(52-81(112)113)99-79(109)58-128-47-45-126-43-41-93-78(108)57-127-46-44-125-42-40-92-75(105)39-38-68(90(123)124)97-76(106)36-23-18-16-14-12-10-8-9-11-13-15-17-19-24-37-80(110)111/h20-22,25-32,34-35,54-55,59,67-74,94-95H,6-19,23-24,33,36-53,56-58H2,1-5H3,(H2,91,116)(H,92,105)(H,93,108)(H,96,117)(H,97,106)(H,98,107)(H,99,109)(H,100,118)(H,101,119)(H,102,120)(H,110,111)(H,112,113)(H,114,115)(H,123,124)/t67-,68-,69-,70-,71-,72-,73-,74+/m0/s1. The molecular weight excluding hydrogens is 1660 g/mol. The van der Waals surface area contributed by atoms with Gasteiger partial charge in [-0.2, -0.15) is 0 Å². The molecule has 38 nitrogen and oxygen atoms in total. The normalized spacial score (nSPS) is 13.1. The van der Waals surface area contributed by atoms with Gasteiger partial charge in [0.25, 0.3) is 0 Å². The van der Waals surface area contributed by atoms with Crippen LogP contribution >= 0.6 is 0 Å². The van der Waals surface area contributed by atoms with Gasteiger partial charge in [-0.3, -0.25) is 71.9 Å². The molecule has 0 aliphatic carbocycles. The second-order valence-corrected chi connectivity index (χ2v) is 32.1. The summed E-state index contributed by atoms with van der Waals surface area (Å²) in [6.07, 6.45) is 16.6. The van der Waals surface area contributed by atoms with Gasteiger partial charge in [0, 0.05) is 99.9 Å². The topological polar surface area (TPSA) is 563 Å². The van der Waals surface area contributed by atoms with E-state index in [-0.39, 0.29) is 129 Å². The van der Waals surface area contributed by atoms with Crippen molar-refractivity contribution < 1.29 is 116 Å². The molecule has 2 heterocycles. The second-order valence-electron chi connectivity index (χ2n) is 32.1. The van der Waals surface area contributed by atoms with Crippen molar-refractivity contribution in [3.05, 3.63) is 108 Å². The van der Waals surface area contributed by atoms with Crippen LogP contribution in [0.15, 0.2) is 91.3 Å². The first kappa shape index (κ1) is 107. The highest BCUT2D eigenvalue weighted by molar-refractivity contribution is 6.00. The fourth-order valence-corrected chi connectivity index (χ4v) is 14.3. The molecule has 5 rings (SSSR count). The predicted molar refractivity (Wildman–Crippen MR) is 472 cm³/mol. The number of amides is 12. The molecule has 12 amide bonds. The van der Waals surface area contributed by atoms with E-state index in [1.54, 1.807) is 105 Å². The van der Waals surface area contributed by atoms with Crippen molar-refractivity contribution in [2.75, 3.05) is 86.6 Å². The number of carbonyl (C=O) groups is 16. The van der Waals surface area contributed by atoms with Crippen molar-refractivity contribution >= 4 is 117 Å². The number of aliphatic carboxylic acids is 4. The number of aromatic nitrogens is 2. The smallest absolute Gasteiger partial charge is 0.326 e. The van der Waals surface area contributed by atoms with E-state index in [1.165, 1.54) is 39.8 Å². The Morgan fingerprint density at radius 1 is 0.398 bits per heavy atom. The lowest BCUT2D eigenvalue weighted by Gasteiger charge is -2.35. The van der Waals surface area contributed by atoms with Gasteiger partial charge in [0.1, 0.15) is 61.5 Å². The zero-order valence-electron chi connectivity index (χ0n) is 74.2. The Labute approximate surface area is 745 Å². The minimum atomic E-state index is -1.77. The molecule has 17 N–H and O–H groups in total. The highest BCUT2D eigenvalue weighted by atomic mass is 16.5. The first-order chi connectivity index (χ1) is 61.3. The number of aromatic amines is 2. The van der Waals surface area contributed by atoms with Crippen LogP contribution in [-0.2, 0) is 115 Å². The van der Waals surface area contributed by atoms with Gasteiger partial charge in [-0.05, 0) is 66.8 Å². The molecule has 0 bridgehead atoms. The second kappa shape index (κ2) is 59.9. The van der Waals surface area contributed by atoms with E-state index in [4.69, 9.17) is 29.8 Å². The maximum Gasteiger partial charge on any atom is 0.326 e. The highest BCUT2D eigenvalue weighted by Crippen LogP contribution is 2.24. The van der Waals surface area contributed by atoms with E-state index in [0.717, 1.165) is 67.6 Å². The number of carboxylic acids is 4. The molecule has 2 aromatic heterocycles. The average Bonchev–Trinajstić information content (AvgIpc) is 1.38. The number of unbranched alkanes of at least 4 members (excludes halogenated alkanes) is 14. The molecule has 0 radical (unpaired) electrons. The molecule has 38 heteroatoms. The molecule has 0 unspecified atom stereocenters. The lowest BCUT2D eigenvalue weighted by molar-refractivity contribution is -0.152. The van der Waals surface area contributed by atoms with E-state index in [0.29, 0.717) is 57.8 Å². The Kier molecular flexibility index (Phi) is 49.9. The number of primary amides is 1. The number of fused-ring (bicyclic) bond motifs is 2. The van der Waals surface area contributed by atoms with Gasteiger partial charge in [0.15, 0.2) is 0 Å². The summed E-state index contributed by atoms with van der Waals surface area (Å²) < 4.78 is 21.7. The number of H-pyrrole nitrogens is 2. The SMILES string of the molecule is CCCC[C@H](NC(=O)[C@H](Cc1c[nH]c2ccccc12)NC(=O)CNC(=O)[C@H](CC(C)C)NC(=O)[C@H](Cc1c[nH]c2ccccc12)NC(=O)[C@H](CC(=O)O)NC(=O)COCCOCCNC(=O)COCCOCCNC(=O)CC[C@H](NC(=O)CCCCCCCCCCCCCCCCC(=O)O)C(=O)O)C(=O)N(C)[C@H](CC(=O)O)C(=O)N(C)[C@@H](Cc1ccccc1)C(N)=O. The Morgan fingerprint density at radius 2 is 0.852 bits per heavy atom. The number of nitrogens with two attached hydrogens (primary N) is 1. The fourth-order valence-electron chi connectivity index (χ4n) is 14.3. The van der Waals surface area contributed by atoms with Crippen LogP contribution in [-0.4, -0.2) is 270 Å². The van der Waals surface area contributed by atoms with Crippen LogP contribution < -0.4 is 53.6 Å².